The van der Waals surface area contributed by atoms with Gasteiger partial charge in [0.05, 0.1) is 17.1 Å². The molecule has 0 unspecified atom stereocenters. The minimum Gasteiger partial charge on any atom is -0.253 e. The fourth-order valence-corrected chi connectivity index (χ4v) is 1.78. The lowest BCUT2D eigenvalue weighted by Gasteiger charge is -2.08. The first kappa shape index (κ1) is 10.6. The fourth-order valence-electron chi connectivity index (χ4n) is 1.78. The van der Waals surface area contributed by atoms with Crippen molar-refractivity contribution in [3.05, 3.63) is 41.1 Å². The summed E-state index contributed by atoms with van der Waals surface area (Å²) >= 11 is 0. The van der Waals surface area contributed by atoms with E-state index >= 15 is 0 Å². The van der Waals surface area contributed by atoms with Crippen LogP contribution in [0.3, 0.4) is 0 Å². The standard InChI is InChI=1S/C14H14N2/c1-9(2)11-6-12(8-15)13-5-4-10(3)16-14(13)7-11/h4-7,9H,1-3H3. The first-order chi connectivity index (χ1) is 7.61. The Morgan fingerprint density at radius 1 is 1.25 bits per heavy atom. The summed E-state index contributed by atoms with van der Waals surface area (Å²) in [6.07, 6.45) is 0. The predicted octanol–water partition coefficient (Wildman–Crippen LogP) is 3.54. The third-order valence-corrected chi connectivity index (χ3v) is 2.76. The molecule has 0 spiro atoms. The van der Waals surface area contributed by atoms with E-state index < -0.39 is 0 Å². The zero-order valence-corrected chi connectivity index (χ0v) is 9.78. The highest BCUT2D eigenvalue weighted by Crippen LogP contribution is 2.24. The van der Waals surface area contributed by atoms with Crippen LogP contribution in [0.15, 0.2) is 24.3 Å². The van der Waals surface area contributed by atoms with E-state index in [1.807, 2.05) is 25.1 Å². The molecule has 0 saturated carbocycles. The number of fused-ring (bicyclic) bond motifs is 1. The molecule has 0 aliphatic heterocycles. The average molecular weight is 210 g/mol. The van der Waals surface area contributed by atoms with E-state index in [-0.39, 0.29) is 0 Å². The van der Waals surface area contributed by atoms with Crippen molar-refractivity contribution >= 4 is 10.9 Å². The van der Waals surface area contributed by atoms with Crippen LogP contribution in [-0.4, -0.2) is 4.98 Å². The van der Waals surface area contributed by atoms with Crippen molar-refractivity contribution in [2.24, 2.45) is 0 Å². The normalized spacial score (nSPS) is 10.7. The molecule has 1 aromatic heterocycles. The number of rotatable bonds is 1. The molecule has 0 saturated heterocycles. The Balaban J connectivity index is 2.80. The third kappa shape index (κ3) is 1.77. The quantitative estimate of drug-likeness (QED) is 0.721. The summed E-state index contributed by atoms with van der Waals surface area (Å²) < 4.78 is 0. The maximum Gasteiger partial charge on any atom is 0.0998 e. The van der Waals surface area contributed by atoms with Crippen molar-refractivity contribution in [2.45, 2.75) is 26.7 Å². The molecule has 80 valence electrons. The summed E-state index contributed by atoms with van der Waals surface area (Å²) in [4.78, 5) is 4.48. The highest BCUT2D eigenvalue weighted by Gasteiger charge is 2.07. The molecule has 0 N–H and O–H groups in total. The van der Waals surface area contributed by atoms with Gasteiger partial charge in [-0.3, -0.25) is 4.98 Å². The fraction of sp³-hybridized carbons (Fsp3) is 0.286. The molecule has 2 rings (SSSR count). The minimum absolute atomic E-state index is 0.416. The maximum atomic E-state index is 9.13. The van der Waals surface area contributed by atoms with E-state index in [0.717, 1.165) is 16.6 Å². The number of nitrogens with zero attached hydrogens (tertiary/aromatic N) is 2. The van der Waals surface area contributed by atoms with Gasteiger partial charge in [0.25, 0.3) is 0 Å². The van der Waals surface area contributed by atoms with Gasteiger partial charge >= 0.3 is 0 Å². The summed E-state index contributed by atoms with van der Waals surface area (Å²) in [7, 11) is 0. The Kier molecular flexibility index (Phi) is 2.62. The summed E-state index contributed by atoms with van der Waals surface area (Å²) in [5.41, 5.74) is 3.79. The predicted molar refractivity (Wildman–Crippen MR) is 65.3 cm³/mol. The molecule has 0 fully saturated rings. The molecule has 16 heavy (non-hydrogen) atoms. The Bertz CT molecular complexity index is 577. The van der Waals surface area contributed by atoms with E-state index in [4.69, 9.17) is 5.26 Å². The zero-order valence-electron chi connectivity index (χ0n) is 9.78. The lowest BCUT2D eigenvalue weighted by molar-refractivity contribution is 0.867. The van der Waals surface area contributed by atoms with Crippen molar-refractivity contribution in [3.8, 4) is 6.07 Å². The van der Waals surface area contributed by atoms with Crippen LogP contribution < -0.4 is 0 Å². The topological polar surface area (TPSA) is 36.7 Å². The summed E-state index contributed by atoms with van der Waals surface area (Å²) in [5.74, 6) is 0.416. The number of hydrogen-bond donors (Lipinski definition) is 0. The lowest BCUT2D eigenvalue weighted by atomic mass is 9.98. The Morgan fingerprint density at radius 2 is 2.00 bits per heavy atom. The van der Waals surface area contributed by atoms with Crippen LogP contribution in [0, 0.1) is 18.3 Å². The first-order valence-corrected chi connectivity index (χ1v) is 5.43. The van der Waals surface area contributed by atoms with Gasteiger partial charge in [0, 0.05) is 11.1 Å². The van der Waals surface area contributed by atoms with Gasteiger partial charge in [-0.15, -0.1) is 0 Å². The Hall–Kier alpha value is -1.88. The van der Waals surface area contributed by atoms with E-state index in [0.29, 0.717) is 11.5 Å². The summed E-state index contributed by atoms with van der Waals surface area (Å²) in [6.45, 7) is 6.21. The van der Waals surface area contributed by atoms with Gasteiger partial charge in [0.2, 0.25) is 0 Å². The molecule has 1 aromatic carbocycles. The van der Waals surface area contributed by atoms with E-state index in [1.54, 1.807) is 0 Å². The molecule has 0 aliphatic rings. The van der Waals surface area contributed by atoms with Gasteiger partial charge in [0.1, 0.15) is 0 Å². The second-order valence-electron chi connectivity index (χ2n) is 4.35. The van der Waals surface area contributed by atoms with Gasteiger partial charge in [-0.05, 0) is 42.7 Å². The molecular weight excluding hydrogens is 196 g/mol. The van der Waals surface area contributed by atoms with Crippen LogP contribution in [0.5, 0.6) is 0 Å². The van der Waals surface area contributed by atoms with Gasteiger partial charge in [-0.1, -0.05) is 13.8 Å². The van der Waals surface area contributed by atoms with Crippen molar-refractivity contribution in [1.82, 2.24) is 4.98 Å². The molecule has 0 amide bonds. The highest BCUT2D eigenvalue weighted by atomic mass is 14.7. The van der Waals surface area contributed by atoms with Crippen molar-refractivity contribution in [1.29, 1.82) is 5.26 Å². The molecule has 0 aliphatic carbocycles. The highest BCUT2D eigenvalue weighted by molar-refractivity contribution is 5.85. The Labute approximate surface area is 95.6 Å². The van der Waals surface area contributed by atoms with Gasteiger partial charge in [-0.2, -0.15) is 5.26 Å². The molecule has 0 radical (unpaired) electrons. The monoisotopic (exact) mass is 210 g/mol. The van der Waals surface area contributed by atoms with Crippen LogP contribution in [0.1, 0.15) is 36.6 Å². The smallest absolute Gasteiger partial charge is 0.0998 e. The number of benzene rings is 1. The number of nitriles is 1. The number of aryl methyl sites for hydroxylation is 1. The second-order valence-corrected chi connectivity index (χ2v) is 4.35. The average Bonchev–Trinajstić information content (AvgIpc) is 2.26. The first-order valence-electron chi connectivity index (χ1n) is 5.43. The maximum absolute atomic E-state index is 9.13. The summed E-state index contributed by atoms with van der Waals surface area (Å²) in [6, 6.07) is 10.2. The number of hydrogen-bond acceptors (Lipinski definition) is 2. The Morgan fingerprint density at radius 3 is 2.62 bits per heavy atom. The van der Waals surface area contributed by atoms with Crippen molar-refractivity contribution in [3.63, 3.8) is 0 Å². The van der Waals surface area contributed by atoms with Gasteiger partial charge in [-0.25, -0.2) is 0 Å². The number of aromatic nitrogens is 1. The minimum atomic E-state index is 0.416. The van der Waals surface area contributed by atoms with Crippen LogP contribution in [0.4, 0.5) is 0 Å². The third-order valence-electron chi connectivity index (χ3n) is 2.76. The lowest BCUT2D eigenvalue weighted by Crippen LogP contribution is -1.93. The molecule has 0 bridgehead atoms. The molecule has 1 heterocycles. The van der Waals surface area contributed by atoms with E-state index in [1.165, 1.54) is 5.56 Å². The zero-order chi connectivity index (χ0) is 11.7. The largest absolute Gasteiger partial charge is 0.253 e. The summed E-state index contributed by atoms with van der Waals surface area (Å²) in [5, 5.41) is 10.1. The molecule has 2 heteroatoms. The van der Waals surface area contributed by atoms with Crippen LogP contribution >= 0.6 is 0 Å². The molecule has 2 aromatic rings. The molecule has 2 nitrogen and oxygen atoms in total. The van der Waals surface area contributed by atoms with Gasteiger partial charge < -0.3 is 0 Å². The van der Waals surface area contributed by atoms with E-state index in [2.05, 4.69) is 31.0 Å². The van der Waals surface area contributed by atoms with Crippen LogP contribution in [0.25, 0.3) is 10.9 Å². The molecular formula is C14H14N2. The SMILES string of the molecule is Cc1ccc2c(C#N)cc(C(C)C)cc2n1. The van der Waals surface area contributed by atoms with Crippen LogP contribution in [0.2, 0.25) is 0 Å². The van der Waals surface area contributed by atoms with Gasteiger partial charge in [0.15, 0.2) is 0 Å². The molecule has 0 atom stereocenters. The second kappa shape index (κ2) is 3.94. The van der Waals surface area contributed by atoms with Crippen LogP contribution in [-0.2, 0) is 0 Å². The van der Waals surface area contributed by atoms with E-state index in [9.17, 15) is 0 Å². The van der Waals surface area contributed by atoms with Crippen molar-refractivity contribution in [2.75, 3.05) is 0 Å². The van der Waals surface area contributed by atoms with Crippen molar-refractivity contribution < 1.29 is 0 Å². The number of pyridine rings is 1.